The van der Waals surface area contributed by atoms with Crippen molar-refractivity contribution < 1.29 is 9.90 Å². The predicted octanol–water partition coefficient (Wildman–Crippen LogP) is 4.35. The average molecular weight is 304 g/mol. The Balaban J connectivity index is 1.66. The molecule has 0 heterocycles. The average Bonchev–Trinajstić information content (AvgIpc) is 2.82. The lowest BCUT2D eigenvalue weighted by Gasteiger charge is -2.61. The number of ketones is 1. The standard InChI is InChI=1S/C20H32O2/c1-3-20-11-8-14(21)12-13(20)4-5-15-16-6-7-18(22)19(16,2)10-9-17(15)20/h13,15-18,22H,3-12H2,1-2H3/t13-,15-,16-,17-,18?,19-,20-/m0/s1. The molecule has 0 amide bonds. The Morgan fingerprint density at radius 1 is 1.09 bits per heavy atom. The van der Waals surface area contributed by atoms with Crippen molar-refractivity contribution in [1.82, 2.24) is 0 Å². The number of rotatable bonds is 1. The molecule has 0 aromatic carbocycles. The number of hydrogen-bond donors (Lipinski definition) is 1. The molecule has 4 aliphatic carbocycles. The Labute approximate surface area is 135 Å². The quantitative estimate of drug-likeness (QED) is 0.782. The van der Waals surface area contributed by atoms with Gasteiger partial charge in [-0.3, -0.25) is 4.79 Å². The summed E-state index contributed by atoms with van der Waals surface area (Å²) >= 11 is 0. The zero-order valence-electron chi connectivity index (χ0n) is 14.3. The van der Waals surface area contributed by atoms with Crippen molar-refractivity contribution >= 4 is 5.78 Å². The molecule has 2 heteroatoms. The van der Waals surface area contributed by atoms with Gasteiger partial charge < -0.3 is 5.11 Å². The highest BCUT2D eigenvalue weighted by atomic mass is 16.3. The van der Waals surface area contributed by atoms with E-state index in [0.29, 0.717) is 17.1 Å². The monoisotopic (exact) mass is 304 g/mol. The van der Waals surface area contributed by atoms with Crippen LogP contribution in [0.5, 0.6) is 0 Å². The number of carbonyl (C=O) groups is 1. The maximum atomic E-state index is 12.0. The third-order valence-corrected chi connectivity index (χ3v) is 8.79. The fourth-order valence-corrected chi connectivity index (χ4v) is 7.53. The van der Waals surface area contributed by atoms with E-state index in [0.717, 1.165) is 43.4 Å². The third-order valence-electron chi connectivity index (χ3n) is 8.79. The minimum absolute atomic E-state index is 0.0679. The summed E-state index contributed by atoms with van der Waals surface area (Å²) in [5.41, 5.74) is 0.638. The molecule has 0 aromatic heterocycles. The SMILES string of the molecule is CC[C@]12CCC(=O)C[C@@H]1CC[C@@H]1[C@@H]2CC[C@]2(C)C(O)CC[C@@H]12. The molecule has 0 bridgehead atoms. The van der Waals surface area contributed by atoms with Gasteiger partial charge in [0.1, 0.15) is 5.78 Å². The molecule has 0 aromatic rings. The largest absolute Gasteiger partial charge is 0.393 e. The van der Waals surface area contributed by atoms with E-state index in [1.807, 2.05) is 0 Å². The number of hydrogen-bond acceptors (Lipinski definition) is 2. The number of Topliss-reactive ketones (excluding diaryl/α,β-unsaturated/α-hetero) is 1. The highest BCUT2D eigenvalue weighted by molar-refractivity contribution is 5.79. The Kier molecular flexibility index (Phi) is 3.49. The van der Waals surface area contributed by atoms with Gasteiger partial charge in [-0.25, -0.2) is 0 Å². The lowest BCUT2D eigenvalue weighted by molar-refractivity contribution is -0.146. The second-order valence-electron chi connectivity index (χ2n) is 9.12. The Bertz CT molecular complexity index is 472. The van der Waals surface area contributed by atoms with Crippen molar-refractivity contribution in [2.45, 2.75) is 84.2 Å². The molecule has 4 fully saturated rings. The lowest BCUT2D eigenvalue weighted by atomic mass is 9.44. The molecule has 0 aliphatic heterocycles. The minimum atomic E-state index is -0.0679. The van der Waals surface area contributed by atoms with Gasteiger partial charge in [-0.2, -0.15) is 0 Å². The van der Waals surface area contributed by atoms with Crippen LogP contribution in [0.1, 0.15) is 78.1 Å². The van der Waals surface area contributed by atoms with Crippen molar-refractivity contribution in [2.24, 2.45) is 34.5 Å². The zero-order chi connectivity index (χ0) is 15.5. The molecule has 4 aliphatic rings. The molecule has 4 rings (SSSR count). The smallest absolute Gasteiger partial charge is 0.133 e. The molecule has 2 nitrogen and oxygen atoms in total. The maximum Gasteiger partial charge on any atom is 0.133 e. The van der Waals surface area contributed by atoms with Gasteiger partial charge in [0.2, 0.25) is 0 Å². The number of aliphatic hydroxyl groups excluding tert-OH is 1. The number of aliphatic hydroxyl groups is 1. The van der Waals surface area contributed by atoms with Crippen molar-refractivity contribution in [3.8, 4) is 0 Å². The molecule has 1 unspecified atom stereocenters. The molecule has 1 N–H and O–H groups in total. The van der Waals surface area contributed by atoms with Crippen molar-refractivity contribution in [3.05, 3.63) is 0 Å². The van der Waals surface area contributed by atoms with Gasteiger partial charge in [-0.05, 0) is 85.9 Å². The molecule has 0 spiro atoms. The van der Waals surface area contributed by atoms with Crippen LogP contribution in [0.25, 0.3) is 0 Å². The second-order valence-corrected chi connectivity index (χ2v) is 9.12. The molecule has 4 saturated carbocycles. The maximum absolute atomic E-state index is 12.0. The first kappa shape index (κ1) is 15.2. The summed E-state index contributed by atoms with van der Waals surface area (Å²) < 4.78 is 0. The first-order valence-electron chi connectivity index (χ1n) is 9.71. The molecular formula is C20H32O2. The van der Waals surface area contributed by atoms with Crippen LogP contribution in [0.2, 0.25) is 0 Å². The van der Waals surface area contributed by atoms with Crippen LogP contribution in [-0.2, 0) is 4.79 Å². The van der Waals surface area contributed by atoms with Gasteiger partial charge in [0.25, 0.3) is 0 Å². The van der Waals surface area contributed by atoms with Crippen molar-refractivity contribution in [1.29, 1.82) is 0 Å². The van der Waals surface area contributed by atoms with Crippen LogP contribution in [-0.4, -0.2) is 17.0 Å². The Morgan fingerprint density at radius 3 is 2.68 bits per heavy atom. The summed E-state index contributed by atoms with van der Waals surface area (Å²) in [6, 6.07) is 0. The van der Waals surface area contributed by atoms with Gasteiger partial charge in [-0.1, -0.05) is 13.8 Å². The fraction of sp³-hybridized carbons (Fsp3) is 0.950. The number of carbonyl (C=O) groups excluding carboxylic acids is 1. The van der Waals surface area contributed by atoms with Gasteiger partial charge in [0.15, 0.2) is 0 Å². The van der Waals surface area contributed by atoms with Crippen LogP contribution in [0.15, 0.2) is 0 Å². The topological polar surface area (TPSA) is 37.3 Å². The summed E-state index contributed by atoms with van der Waals surface area (Å²) in [6.07, 6.45) is 11.4. The van der Waals surface area contributed by atoms with Crippen molar-refractivity contribution in [3.63, 3.8) is 0 Å². The molecular weight excluding hydrogens is 272 g/mol. The predicted molar refractivity (Wildman–Crippen MR) is 87.4 cm³/mol. The zero-order valence-corrected chi connectivity index (χ0v) is 14.3. The summed E-state index contributed by atoms with van der Waals surface area (Å²) in [7, 11) is 0. The van der Waals surface area contributed by atoms with Crippen LogP contribution >= 0.6 is 0 Å². The van der Waals surface area contributed by atoms with E-state index in [1.54, 1.807) is 0 Å². The van der Waals surface area contributed by atoms with E-state index in [1.165, 1.54) is 38.5 Å². The van der Waals surface area contributed by atoms with E-state index < -0.39 is 0 Å². The second kappa shape index (κ2) is 5.06. The Hall–Kier alpha value is -0.370. The van der Waals surface area contributed by atoms with Crippen LogP contribution in [0, 0.1) is 34.5 Å². The molecule has 22 heavy (non-hydrogen) atoms. The normalized spacial score (nSPS) is 54.5. The lowest BCUT2D eigenvalue weighted by Crippen LogP contribution is -2.55. The fourth-order valence-electron chi connectivity index (χ4n) is 7.53. The molecule has 0 saturated heterocycles. The van der Waals surface area contributed by atoms with Gasteiger partial charge in [0.05, 0.1) is 6.10 Å². The summed E-state index contributed by atoms with van der Waals surface area (Å²) in [6.45, 7) is 4.74. The van der Waals surface area contributed by atoms with Gasteiger partial charge in [-0.15, -0.1) is 0 Å². The van der Waals surface area contributed by atoms with Gasteiger partial charge in [0, 0.05) is 12.8 Å². The van der Waals surface area contributed by atoms with E-state index in [9.17, 15) is 9.90 Å². The third kappa shape index (κ3) is 1.85. The molecule has 7 atom stereocenters. The highest BCUT2D eigenvalue weighted by Crippen LogP contribution is 2.66. The Morgan fingerprint density at radius 2 is 1.91 bits per heavy atom. The first-order valence-corrected chi connectivity index (χ1v) is 9.71. The summed E-state index contributed by atoms with van der Waals surface area (Å²) in [5, 5.41) is 10.5. The summed E-state index contributed by atoms with van der Waals surface area (Å²) in [4.78, 5) is 12.0. The minimum Gasteiger partial charge on any atom is -0.393 e. The van der Waals surface area contributed by atoms with E-state index in [2.05, 4.69) is 13.8 Å². The van der Waals surface area contributed by atoms with E-state index in [-0.39, 0.29) is 11.5 Å². The summed E-state index contributed by atoms with van der Waals surface area (Å²) in [5.74, 6) is 3.57. The van der Waals surface area contributed by atoms with Crippen LogP contribution in [0.3, 0.4) is 0 Å². The molecule has 0 radical (unpaired) electrons. The van der Waals surface area contributed by atoms with Crippen molar-refractivity contribution in [2.75, 3.05) is 0 Å². The highest BCUT2D eigenvalue weighted by Gasteiger charge is 2.60. The number of fused-ring (bicyclic) bond motifs is 5. The van der Waals surface area contributed by atoms with Crippen LogP contribution < -0.4 is 0 Å². The van der Waals surface area contributed by atoms with E-state index in [4.69, 9.17) is 0 Å². The first-order chi connectivity index (χ1) is 10.5. The van der Waals surface area contributed by atoms with E-state index >= 15 is 0 Å². The molecule has 124 valence electrons. The van der Waals surface area contributed by atoms with Gasteiger partial charge >= 0.3 is 0 Å². The van der Waals surface area contributed by atoms with Crippen LogP contribution in [0.4, 0.5) is 0 Å².